The van der Waals surface area contributed by atoms with Crippen LogP contribution in [0, 0.1) is 0 Å². The van der Waals surface area contributed by atoms with E-state index in [0.29, 0.717) is 0 Å². The molecule has 0 fully saturated rings. The van der Waals surface area contributed by atoms with Gasteiger partial charge in [0, 0.05) is 12.6 Å². The van der Waals surface area contributed by atoms with Gasteiger partial charge in [-0.15, -0.1) is 0 Å². The third-order valence-corrected chi connectivity index (χ3v) is 2.16. The van der Waals surface area contributed by atoms with Gasteiger partial charge >= 0.3 is 0 Å². The van der Waals surface area contributed by atoms with Crippen molar-refractivity contribution in [1.82, 2.24) is 9.97 Å². The average Bonchev–Trinajstić information content (AvgIpc) is 2.64. The molecule has 58 valence electrons. The smallest absolute Gasteiger partial charge is 0.0931 e. The van der Waals surface area contributed by atoms with E-state index in [-0.39, 0.29) is 0 Å². The molecule has 0 spiro atoms. The molecular formula is C9H7N3. The summed E-state index contributed by atoms with van der Waals surface area (Å²) >= 11 is 0. The van der Waals surface area contributed by atoms with Gasteiger partial charge in [-0.3, -0.25) is 4.99 Å². The van der Waals surface area contributed by atoms with E-state index in [1.807, 2.05) is 12.3 Å². The summed E-state index contributed by atoms with van der Waals surface area (Å²) in [6.45, 7) is 0. The van der Waals surface area contributed by atoms with Gasteiger partial charge in [0.15, 0.2) is 0 Å². The van der Waals surface area contributed by atoms with Gasteiger partial charge in [0.1, 0.15) is 0 Å². The van der Waals surface area contributed by atoms with Crippen LogP contribution >= 0.6 is 0 Å². The average molecular weight is 157 g/mol. The first-order valence-electron chi connectivity index (χ1n) is 3.92. The highest BCUT2D eigenvalue weighted by Crippen LogP contribution is 2.27. The highest BCUT2D eigenvalue weighted by atomic mass is 14.9. The number of H-pyrrole nitrogens is 1. The van der Waals surface area contributed by atoms with Crippen LogP contribution in [0.25, 0.3) is 11.0 Å². The van der Waals surface area contributed by atoms with Crippen LogP contribution in [0.5, 0.6) is 0 Å². The van der Waals surface area contributed by atoms with E-state index in [0.717, 1.165) is 23.1 Å². The fraction of sp³-hybridized carbons (Fsp3) is 0.111. The Bertz CT molecular complexity index is 468. The van der Waals surface area contributed by atoms with Crippen LogP contribution in [-0.2, 0) is 6.42 Å². The first-order valence-corrected chi connectivity index (χ1v) is 3.92. The summed E-state index contributed by atoms with van der Waals surface area (Å²) in [7, 11) is 0. The normalized spacial score (nSPS) is 14.0. The quantitative estimate of drug-likeness (QED) is 0.622. The van der Waals surface area contributed by atoms with Crippen molar-refractivity contribution in [3.8, 4) is 0 Å². The molecular weight excluding hydrogens is 150 g/mol. The second kappa shape index (κ2) is 1.94. The number of rotatable bonds is 0. The molecule has 1 aliphatic rings. The molecule has 0 saturated heterocycles. The van der Waals surface area contributed by atoms with Crippen molar-refractivity contribution in [3.63, 3.8) is 0 Å². The number of fused-ring (bicyclic) bond motifs is 2. The molecule has 0 amide bonds. The maximum absolute atomic E-state index is 4.25. The van der Waals surface area contributed by atoms with E-state index in [1.165, 1.54) is 5.56 Å². The van der Waals surface area contributed by atoms with Crippen molar-refractivity contribution in [2.45, 2.75) is 6.42 Å². The molecule has 0 aliphatic carbocycles. The summed E-state index contributed by atoms with van der Waals surface area (Å²) in [4.78, 5) is 11.5. The van der Waals surface area contributed by atoms with Crippen molar-refractivity contribution in [2.24, 2.45) is 4.99 Å². The molecule has 3 rings (SSSR count). The number of benzene rings is 1. The number of nitrogens with one attached hydrogen (secondary N) is 1. The van der Waals surface area contributed by atoms with Crippen LogP contribution in [0.1, 0.15) is 5.56 Å². The number of aromatic amines is 1. The molecule has 0 saturated carbocycles. The monoisotopic (exact) mass is 157 g/mol. The lowest BCUT2D eigenvalue weighted by Crippen LogP contribution is -1.78. The minimum Gasteiger partial charge on any atom is -0.345 e. The van der Waals surface area contributed by atoms with Crippen LogP contribution in [0.4, 0.5) is 5.69 Å². The fourth-order valence-corrected chi connectivity index (χ4v) is 1.54. The third kappa shape index (κ3) is 0.652. The lowest BCUT2D eigenvalue weighted by atomic mass is 10.1. The minimum absolute atomic E-state index is 0.949. The van der Waals surface area contributed by atoms with Crippen molar-refractivity contribution in [2.75, 3.05) is 0 Å². The number of imidazole rings is 1. The lowest BCUT2D eigenvalue weighted by molar-refractivity contribution is 1.34. The lowest BCUT2D eigenvalue weighted by Gasteiger charge is -1.95. The van der Waals surface area contributed by atoms with Gasteiger partial charge in [0.2, 0.25) is 0 Å². The van der Waals surface area contributed by atoms with Gasteiger partial charge in [-0.2, -0.15) is 0 Å². The van der Waals surface area contributed by atoms with Crippen LogP contribution in [-0.4, -0.2) is 16.2 Å². The van der Waals surface area contributed by atoms with Gasteiger partial charge in [-0.1, -0.05) is 0 Å². The Morgan fingerprint density at radius 3 is 3.33 bits per heavy atom. The summed E-state index contributed by atoms with van der Waals surface area (Å²) in [5.74, 6) is 0. The Hall–Kier alpha value is -1.64. The van der Waals surface area contributed by atoms with Crippen LogP contribution in [0.3, 0.4) is 0 Å². The Morgan fingerprint density at radius 2 is 2.33 bits per heavy atom. The van der Waals surface area contributed by atoms with Crippen molar-refractivity contribution < 1.29 is 0 Å². The topological polar surface area (TPSA) is 41.0 Å². The van der Waals surface area contributed by atoms with E-state index >= 15 is 0 Å². The number of nitrogens with zero attached hydrogens (tertiary/aromatic N) is 2. The first kappa shape index (κ1) is 5.94. The van der Waals surface area contributed by atoms with E-state index in [4.69, 9.17) is 0 Å². The fourth-order valence-electron chi connectivity index (χ4n) is 1.54. The van der Waals surface area contributed by atoms with Crippen LogP contribution in [0.15, 0.2) is 23.5 Å². The van der Waals surface area contributed by atoms with E-state index in [9.17, 15) is 0 Å². The van der Waals surface area contributed by atoms with Gasteiger partial charge in [-0.25, -0.2) is 4.98 Å². The highest BCUT2D eigenvalue weighted by molar-refractivity contribution is 5.86. The summed E-state index contributed by atoms with van der Waals surface area (Å²) in [6.07, 6.45) is 4.59. The molecule has 3 heteroatoms. The molecule has 0 radical (unpaired) electrons. The Morgan fingerprint density at radius 1 is 1.33 bits per heavy atom. The molecule has 3 nitrogen and oxygen atoms in total. The zero-order valence-electron chi connectivity index (χ0n) is 6.41. The second-order valence-corrected chi connectivity index (χ2v) is 2.92. The largest absolute Gasteiger partial charge is 0.345 e. The molecule has 0 bridgehead atoms. The molecule has 2 heterocycles. The second-order valence-electron chi connectivity index (χ2n) is 2.92. The minimum atomic E-state index is 0.949. The standard InChI is InChI=1S/C9H7N3/c1-2-10-7-4-9-8(3-6(1)7)11-5-12-9/h2-5H,1H2,(H,11,12). The number of aromatic nitrogens is 2. The summed E-state index contributed by atoms with van der Waals surface area (Å²) in [5, 5.41) is 0. The molecule has 1 aliphatic heterocycles. The maximum atomic E-state index is 4.25. The van der Waals surface area contributed by atoms with E-state index in [1.54, 1.807) is 6.33 Å². The molecule has 1 aromatic heterocycles. The number of hydrogen-bond donors (Lipinski definition) is 1. The first-order chi connectivity index (χ1) is 5.93. The molecule has 1 aromatic carbocycles. The third-order valence-electron chi connectivity index (χ3n) is 2.16. The zero-order valence-corrected chi connectivity index (χ0v) is 6.41. The number of aliphatic imine (C=N–C) groups is 1. The Labute approximate surface area is 69.2 Å². The molecule has 2 aromatic rings. The van der Waals surface area contributed by atoms with Gasteiger partial charge in [0.25, 0.3) is 0 Å². The summed E-state index contributed by atoms with van der Waals surface area (Å²) in [6, 6.07) is 4.13. The van der Waals surface area contributed by atoms with Gasteiger partial charge < -0.3 is 4.98 Å². The molecule has 0 atom stereocenters. The van der Waals surface area contributed by atoms with Crippen molar-refractivity contribution in [3.05, 3.63) is 24.0 Å². The van der Waals surface area contributed by atoms with Gasteiger partial charge in [0.05, 0.1) is 23.0 Å². The number of hydrogen-bond acceptors (Lipinski definition) is 2. The van der Waals surface area contributed by atoms with Crippen LogP contribution < -0.4 is 0 Å². The Kier molecular flexibility index (Phi) is 0.961. The zero-order chi connectivity index (χ0) is 7.97. The SMILES string of the molecule is C1=Nc2cc3nc[nH]c3cc2C1. The van der Waals surface area contributed by atoms with Gasteiger partial charge in [-0.05, 0) is 17.7 Å². The Balaban J connectivity index is 2.43. The molecule has 12 heavy (non-hydrogen) atoms. The maximum Gasteiger partial charge on any atom is 0.0931 e. The van der Waals surface area contributed by atoms with E-state index in [2.05, 4.69) is 21.0 Å². The van der Waals surface area contributed by atoms with Crippen LogP contribution in [0.2, 0.25) is 0 Å². The summed E-state index contributed by atoms with van der Waals surface area (Å²) < 4.78 is 0. The predicted octanol–water partition coefficient (Wildman–Crippen LogP) is 1.82. The molecule has 0 unspecified atom stereocenters. The van der Waals surface area contributed by atoms with E-state index < -0.39 is 0 Å². The summed E-state index contributed by atoms with van der Waals surface area (Å²) in [5.41, 5.74) is 4.44. The van der Waals surface area contributed by atoms with Crippen molar-refractivity contribution in [1.29, 1.82) is 0 Å². The predicted molar refractivity (Wildman–Crippen MR) is 47.9 cm³/mol. The van der Waals surface area contributed by atoms with Crippen molar-refractivity contribution >= 4 is 22.9 Å². The molecule has 1 N–H and O–H groups in total. The highest BCUT2D eigenvalue weighted by Gasteiger charge is 2.08.